The molecule has 2 aromatic rings. The van der Waals surface area contributed by atoms with E-state index in [1.54, 1.807) is 0 Å². The van der Waals surface area contributed by atoms with Gasteiger partial charge in [-0.1, -0.05) is 24.1 Å². The third kappa shape index (κ3) is 2.50. The number of hydrogen-bond acceptors (Lipinski definition) is 2. The summed E-state index contributed by atoms with van der Waals surface area (Å²) >= 11 is 0. The van der Waals surface area contributed by atoms with Crippen molar-refractivity contribution in [2.24, 2.45) is 0 Å². The fraction of sp³-hybridized carbons (Fsp3) is 0.471. The van der Waals surface area contributed by atoms with Gasteiger partial charge in [-0.25, -0.2) is 4.98 Å². The first-order valence-electron chi connectivity index (χ1n) is 7.51. The van der Waals surface area contributed by atoms with Crippen molar-refractivity contribution in [2.45, 2.75) is 46.1 Å². The van der Waals surface area contributed by atoms with Crippen LogP contribution in [0.5, 0.6) is 0 Å². The molecule has 0 bridgehead atoms. The minimum atomic E-state index is 0.392. The van der Waals surface area contributed by atoms with Crippen LogP contribution in [-0.2, 0) is 0 Å². The van der Waals surface area contributed by atoms with Crippen LogP contribution in [0.1, 0.15) is 47.8 Å². The van der Waals surface area contributed by atoms with Crippen molar-refractivity contribution in [3.63, 3.8) is 0 Å². The lowest BCUT2D eigenvalue weighted by Gasteiger charge is -2.21. The molecular formula is C17H23N3. The van der Waals surface area contributed by atoms with Crippen LogP contribution in [0.3, 0.4) is 0 Å². The van der Waals surface area contributed by atoms with Gasteiger partial charge in [0, 0.05) is 5.56 Å². The lowest BCUT2D eigenvalue weighted by molar-refractivity contribution is 0.399. The standard InChI is InChI=1S/C17H23N3/c1-11-8-12(2)16(13(3)9-11)15-10-19-17(20-15)14-6-4-5-7-18-14/h8-10,14,18H,4-7H2,1-3H3,(H,19,20). The molecule has 0 spiro atoms. The normalized spacial score (nSPS) is 19.2. The van der Waals surface area contributed by atoms with E-state index >= 15 is 0 Å². The highest BCUT2D eigenvalue weighted by Crippen LogP contribution is 2.29. The number of nitrogens with zero attached hydrogens (tertiary/aromatic N) is 1. The Morgan fingerprint density at radius 3 is 2.50 bits per heavy atom. The maximum absolute atomic E-state index is 4.60. The van der Waals surface area contributed by atoms with Crippen molar-refractivity contribution in [2.75, 3.05) is 6.54 Å². The summed E-state index contributed by atoms with van der Waals surface area (Å²) in [5.74, 6) is 1.08. The Labute approximate surface area is 120 Å². The number of rotatable bonds is 2. The van der Waals surface area contributed by atoms with Crippen LogP contribution in [0.2, 0.25) is 0 Å². The first-order chi connectivity index (χ1) is 9.65. The molecular weight excluding hydrogens is 246 g/mol. The topological polar surface area (TPSA) is 40.7 Å². The zero-order valence-corrected chi connectivity index (χ0v) is 12.6. The molecule has 0 amide bonds. The Morgan fingerprint density at radius 2 is 1.85 bits per heavy atom. The van der Waals surface area contributed by atoms with Gasteiger partial charge >= 0.3 is 0 Å². The summed E-state index contributed by atoms with van der Waals surface area (Å²) in [7, 11) is 0. The number of hydrogen-bond donors (Lipinski definition) is 2. The van der Waals surface area contributed by atoms with Crippen molar-refractivity contribution in [1.82, 2.24) is 15.3 Å². The predicted octanol–water partition coefficient (Wildman–Crippen LogP) is 3.82. The Morgan fingerprint density at radius 1 is 1.10 bits per heavy atom. The second kappa shape index (κ2) is 5.41. The fourth-order valence-electron chi connectivity index (χ4n) is 3.33. The minimum absolute atomic E-state index is 0.392. The SMILES string of the molecule is Cc1cc(C)c(-c2cnc(C3CCCCN3)[nH]2)c(C)c1. The highest BCUT2D eigenvalue weighted by atomic mass is 15.0. The largest absolute Gasteiger partial charge is 0.341 e. The summed E-state index contributed by atoms with van der Waals surface area (Å²) in [6.45, 7) is 7.60. The predicted molar refractivity (Wildman–Crippen MR) is 82.8 cm³/mol. The van der Waals surface area contributed by atoms with Crippen molar-refractivity contribution in [1.29, 1.82) is 0 Å². The molecule has 1 fully saturated rings. The molecule has 1 aliphatic rings. The van der Waals surface area contributed by atoms with E-state index in [4.69, 9.17) is 0 Å². The molecule has 1 atom stereocenters. The summed E-state index contributed by atoms with van der Waals surface area (Å²) < 4.78 is 0. The van der Waals surface area contributed by atoms with Crippen molar-refractivity contribution in [3.8, 4) is 11.3 Å². The van der Waals surface area contributed by atoms with Gasteiger partial charge in [0.1, 0.15) is 5.82 Å². The van der Waals surface area contributed by atoms with Gasteiger partial charge in [0.15, 0.2) is 0 Å². The van der Waals surface area contributed by atoms with Gasteiger partial charge in [-0.15, -0.1) is 0 Å². The smallest absolute Gasteiger partial charge is 0.123 e. The number of nitrogens with one attached hydrogen (secondary N) is 2. The summed E-state index contributed by atoms with van der Waals surface area (Å²) in [6, 6.07) is 4.87. The van der Waals surface area contributed by atoms with E-state index in [2.05, 4.69) is 48.2 Å². The Kier molecular flexibility index (Phi) is 3.62. The van der Waals surface area contributed by atoms with Gasteiger partial charge in [0.2, 0.25) is 0 Å². The molecule has 0 aliphatic carbocycles. The van der Waals surface area contributed by atoms with Gasteiger partial charge < -0.3 is 10.3 Å². The van der Waals surface area contributed by atoms with E-state index in [1.165, 1.54) is 41.5 Å². The molecule has 1 unspecified atom stereocenters. The zero-order valence-electron chi connectivity index (χ0n) is 12.6. The Bertz CT molecular complexity index is 583. The molecule has 0 radical (unpaired) electrons. The van der Waals surface area contributed by atoms with Gasteiger partial charge in [0.25, 0.3) is 0 Å². The van der Waals surface area contributed by atoms with Crippen LogP contribution >= 0.6 is 0 Å². The minimum Gasteiger partial charge on any atom is -0.341 e. The highest BCUT2D eigenvalue weighted by Gasteiger charge is 2.18. The second-order valence-corrected chi connectivity index (χ2v) is 5.96. The maximum atomic E-state index is 4.60. The molecule has 1 aromatic heterocycles. The van der Waals surface area contributed by atoms with E-state index in [0.29, 0.717) is 6.04 Å². The number of imidazole rings is 1. The fourth-order valence-corrected chi connectivity index (χ4v) is 3.33. The van der Waals surface area contributed by atoms with Crippen LogP contribution in [0.25, 0.3) is 11.3 Å². The van der Waals surface area contributed by atoms with Crippen LogP contribution in [0, 0.1) is 20.8 Å². The van der Waals surface area contributed by atoms with Crippen molar-refractivity contribution < 1.29 is 0 Å². The maximum Gasteiger partial charge on any atom is 0.123 e. The lowest BCUT2D eigenvalue weighted by atomic mass is 9.98. The average Bonchev–Trinajstić information content (AvgIpc) is 2.88. The molecule has 2 heterocycles. The van der Waals surface area contributed by atoms with Gasteiger partial charge in [0.05, 0.1) is 17.9 Å². The van der Waals surface area contributed by atoms with E-state index < -0.39 is 0 Å². The van der Waals surface area contributed by atoms with Crippen LogP contribution in [-0.4, -0.2) is 16.5 Å². The van der Waals surface area contributed by atoms with Crippen molar-refractivity contribution in [3.05, 3.63) is 40.8 Å². The molecule has 0 saturated carbocycles. The van der Waals surface area contributed by atoms with E-state index in [-0.39, 0.29) is 0 Å². The van der Waals surface area contributed by atoms with Gasteiger partial charge in [-0.05, 0) is 51.3 Å². The average molecular weight is 269 g/mol. The zero-order chi connectivity index (χ0) is 14.1. The molecule has 1 saturated heterocycles. The molecule has 3 rings (SSSR count). The van der Waals surface area contributed by atoms with E-state index in [0.717, 1.165) is 18.1 Å². The van der Waals surface area contributed by atoms with Crippen LogP contribution < -0.4 is 5.32 Å². The first-order valence-corrected chi connectivity index (χ1v) is 7.51. The highest BCUT2D eigenvalue weighted by molar-refractivity contribution is 5.67. The lowest BCUT2D eigenvalue weighted by Crippen LogP contribution is -2.27. The molecule has 106 valence electrons. The number of aromatic nitrogens is 2. The number of piperidine rings is 1. The molecule has 1 aromatic carbocycles. The van der Waals surface area contributed by atoms with Crippen LogP contribution in [0.4, 0.5) is 0 Å². The summed E-state index contributed by atoms with van der Waals surface area (Å²) in [5, 5.41) is 3.54. The molecule has 3 heteroatoms. The second-order valence-electron chi connectivity index (χ2n) is 5.96. The van der Waals surface area contributed by atoms with E-state index in [1.807, 2.05) is 6.20 Å². The van der Waals surface area contributed by atoms with Gasteiger partial charge in [-0.3, -0.25) is 0 Å². The quantitative estimate of drug-likeness (QED) is 0.870. The third-order valence-electron chi connectivity index (χ3n) is 4.18. The Hall–Kier alpha value is -1.61. The first kappa shape index (κ1) is 13.4. The number of benzene rings is 1. The number of aromatic amines is 1. The summed E-state index contributed by atoms with van der Waals surface area (Å²) in [6.07, 6.45) is 5.73. The Balaban J connectivity index is 1.94. The molecule has 2 N–H and O–H groups in total. The molecule has 3 nitrogen and oxygen atoms in total. The summed E-state index contributed by atoms with van der Waals surface area (Å²) in [5.41, 5.74) is 6.38. The summed E-state index contributed by atoms with van der Waals surface area (Å²) in [4.78, 5) is 8.13. The number of H-pyrrole nitrogens is 1. The third-order valence-corrected chi connectivity index (χ3v) is 4.18. The van der Waals surface area contributed by atoms with Crippen LogP contribution in [0.15, 0.2) is 18.3 Å². The van der Waals surface area contributed by atoms with Gasteiger partial charge in [-0.2, -0.15) is 0 Å². The monoisotopic (exact) mass is 269 g/mol. The van der Waals surface area contributed by atoms with Crippen molar-refractivity contribution >= 4 is 0 Å². The molecule has 20 heavy (non-hydrogen) atoms. The molecule has 1 aliphatic heterocycles. The van der Waals surface area contributed by atoms with E-state index in [9.17, 15) is 0 Å². The number of aryl methyl sites for hydroxylation is 3.